The van der Waals surface area contributed by atoms with Gasteiger partial charge in [-0.25, -0.2) is 0 Å². The van der Waals surface area contributed by atoms with Gasteiger partial charge in [-0.3, -0.25) is 4.79 Å². The maximum absolute atomic E-state index is 12.0. The lowest BCUT2D eigenvalue weighted by atomic mass is 9.96. The number of nitrogens with one attached hydrogen (secondary N) is 1. The van der Waals surface area contributed by atoms with Gasteiger partial charge in [0.25, 0.3) is 0 Å². The van der Waals surface area contributed by atoms with Gasteiger partial charge in [-0.15, -0.1) is 0 Å². The Balaban J connectivity index is 1.57. The van der Waals surface area contributed by atoms with Crippen molar-refractivity contribution in [3.05, 3.63) is 65.7 Å². The lowest BCUT2D eigenvalue weighted by Crippen LogP contribution is -2.37. The van der Waals surface area contributed by atoms with Gasteiger partial charge in [0.05, 0.1) is 6.54 Å². The van der Waals surface area contributed by atoms with Crippen LogP contribution in [-0.4, -0.2) is 24.4 Å². The van der Waals surface area contributed by atoms with Crippen LogP contribution in [0.25, 0.3) is 6.08 Å². The number of fused-ring (bicyclic) bond motifs is 1. The molecule has 0 radical (unpaired) electrons. The maximum Gasteiger partial charge on any atom is 0.244 e. The van der Waals surface area contributed by atoms with Crippen molar-refractivity contribution in [2.75, 3.05) is 13.3 Å². The Labute approximate surface area is 140 Å². The molecule has 0 aromatic heterocycles. The van der Waals surface area contributed by atoms with E-state index in [1.165, 1.54) is 6.08 Å². The summed E-state index contributed by atoms with van der Waals surface area (Å²) < 4.78 is 10.5. The molecule has 3 rings (SSSR count). The number of benzene rings is 2. The highest BCUT2D eigenvalue weighted by Crippen LogP contribution is 2.32. The van der Waals surface area contributed by atoms with Crippen molar-refractivity contribution in [1.29, 1.82) is 0 Å². The van der Waals surface area contributed by atoms with Gasteiger partial charge < -0.3 is 19.9 Å². The van der Waals surface area contributed by atoms with E-state index < -0.39 is 5.60 Å². The average Bonchev–Trinajstić information content (AvgIpc) is 3.07. The van der Waals surface area contributed by atoms with Crippen molar-refractivity contribution in [2.45, 2.75) is 12.5 Å². The van der Waals surface area contributed by atoms with Crippen LogP contribution < -0.4 is 14.8 Å². The van der Waals surface area contributed by atoms with Gasteiger partial charge in [0.2, 0.25) is 12.7 Å². The zero-order chi connectivity index (χ0) is 17.0. The Morgan fingerprint density at radius 2 is 1.96 bits per heavy atom. The van der Waals surface area contributed by atoms with Crippen LogP contribution in [0.15, 0.2) is 54.6 Å². The summed E-state index contributed by atoms with van der Waals surface area (Å²) >= 11 is 0. The third-order valence-corrected chi connectivity index (χ3v) is 3.83. The normalized spacial score (nSPS) is 15.2. The zero-order valence-electron chi connectivity index (χ0n) is 13.4. The van der Waals surface area contributed by atoms with Crippen LogP contribution in [0.1, 0.15) is 18.1 Å². The summed E-state index contributed by atoms with van der Waals surface area (Å²) in [7, 11) is 0. The molecule has 0 saturated carbocycles. The third-order valence-electron chi connectivity index (χ3n) is 3.83. The van der Waals surface area contributed by atoms with Crippen molar-refractivity contribution in [3.8, 4) is 11.5 Å². The second-order valence-corrected chi connectivity index (χ2v) is 5.80. The summed E-state index contributed by atoms with van der Waals surface area (Å²) in [4.78, 5) is 12.0. The SMILES string of the molecule is CC(O)(CNC(=O)C=Cc1ccc2c(c1)OCO2)c1ccccc1. The van der Waals surface area contributed by atoms with Gasteiger partial charge >= 0.3 is 0 Å². The maximum atomic E-state index is 12.0. The molecule has 0 fully saturated rings. The number of hydrogen-bond acceptors (Lipinski definition) is 4. The van der Waals surface area contributed by atoms with Gasteiger partial charge in [0.1, 0.15) is 5.60 Å². The van der Waals surface area contributed by atoms with Crippen molar-refractivity contribution >= 4 is 12.0 Å². The van der Waals surface area contributed by atoms with Crippen LogP contribution in [0.4, 0.5) is 0 Å². The van der Waals surface area contributed by atoms with Gasteiger partial charge in [0.15, 0.2) is 11.5 Å². The van der Waals surface area contributed by atoms with Gasteiger partial charge in [0, 0.05) is 6.08 Å². The third kappa shape index (κ3) is 3.75. The van der Waals surface area contributed by atoms with E-state index in [4.69, 9.17) is 9.47 Å². The van der Waals surface area contributed by atoms with Gasteiger partial charge in [-0.2, -0.15) is 0 Å². The number of amides is 1. The lowest BCUT2D eigenvalue weighted by Gasteiger charge is -2.23. The second-order valence-electron chi connectivity index (χ2n) is 5.80. The van der Waals surface area contributed by atoms with Gasteiger partial charge in [-0.1, -0.05) is 36.4 Å². The Hall–Kier alpha value is -2.79. The summed E-state index contributed by atoms with van der Waals surface area (Å²) in [5.74, 6) is 1.10. The first-order chi connectivity index (χ1) is 11.5. The molecule has 1 heterocycles. The highest BCUT2D eigenvalue weighted by Gasteiger charge is 2.22. The second kappa shape index (κ2) is 6.76. The highest BCUT2D eigenvalue weighted by atomic mass is 16.7. The summed E-state index contributed by atoms with van der Waals surface area (Å²) in [5, 5.41) is 13.2. The molecule has 0 aliphatic carbocycles. The monoisotopic (exact) mass is 325 g/mol. The molecular formula is C19H19NO4. The lowest BCUT2D eigenvalue weighted by molar-refractivity contribution is -0.117. The van der Waals surface area contributed by atoms with E-state index in [1.54, 1.807) is 19.1 Å². The molecule has 124 valence electrons. The Kier molecular flexibility index (Phi) is 4.53. The minimum atomic E-state index is -1.12. The number of hydrogen-bond donors (Lipinski definition) is 2. The molecule has 24 heavy (non-hydrogen) atoms. The van der Waals surface area contributed by atoms with Crippen LogP contribution >= 0.6 is 0 Å². The molecule has 1 amide bonds. The first-order valence-corrected chi connectivity index (χ1v) is 7.68. The minimum absolute atomic E-state index is 0.126. The predicted molar refractivity (Wildman–Crippen MR) is 90.6 cm³/mol. The van der Waals surface area contributed by atoms with E-state index in [0.717, 1.165) is 11.1 Å². The molecule has 5 nitrogen and oxygen atoms in total. The van der Waals surface area contributed by atoms with Crippen LogP contribution in [0, 0.1) is 0 Å². The molecule has 5 heteroatoms. The molecular weight excluding hydrogens is 306 g/mol. The molecule has 1 unspecified atom stereocenters. The summed E-state index contributed by atoms with van der Waals surface area (Å²) in [6.07, 6.45) is 3.12. The van der Waals surface area contributed by atoms with Crippen LogP contribution in [0.5, 0.6) is 11.5 Å². The Morgan fingerprint density at radius 3 is 2.75 bits per heavy atom. The molecule has 2 aromatic carbocycles. The fraction of sp³-hybridized carbons (Fsp3) is 0.211. The molecule has 1 aliphatic heterocycles. The predicted octanol–water partition coefficient (Wildman–Crippen LogP) is 2.45. The van der Waals surface area contributed by atoms with Crippen molar-refractivity contribution in [2.24, 2.45) is 0 Å². The van der Waals surface area contributed by atoms with E-state index in [1.807, 2.05) is 42.5 Å². The topological polar surface area (TPSA) is 67.8 Å². The fourth-order valence-corrected chi connectivity index (χ4v) is 2.41. The summed E-state index contributed by atoms with van der Waals surface area (Å²) in [6, 6.07) is 14.7. The van der Waals surface area contributed by atoms with Crippen molar-refractivity contribution in [1.82, 2.24) is 5.32 Å². The zero-order valence-corrected chi connectivity index (χ0v) is 13.4. The van der Waals surface area contributed by atoms with Crippen molar-refractivity contribution < 1.29 is 19.4 Å². The minimum Gasteiger partial charge on any atom is -0.454 e. The van der Waals surface area contributed by atoms with Gasteiger partial charge in [-0.05, 0) is 36.3 Å². The first-order valence-electron chi connectivity index (χ1n) is 7.68. The van der Waals surface area contributed by atoms with Crippen molar-refractivity contribution in [3.63, 3.8) is 0 Å². The fourth-order valence-electron chi connectivity index (χ4n) is 2.41. The average molecular weight is 325 g/mol. The number of rotatable bonds is 5. The van der Waals surface area contributed by atoms with E-state index in [9.17, 15) is 9.90 Å². The summed E-state index contributed by atoms with van der Waals surface area (Å²) in [5.41, 5.74) is 0.470. The molecule has 1 aliphatic rings. The molecule has 0 spiro atoms. The number of ether oxygens (including phenoxy) is 2. The molecule has 1 atom stereocenters. The number of carbonyl (C=O) groups is 1. The quantitative estimate of drug-likeness (QED) is 0.829. The first kappa shape index (κ1) is 16.1. The van der Waals surface area contributed by atoms with E-state index in [2.05, 4.69) is 5.32 Å². The highest BCUT2D eigenvalue weighted by molar-refractivity contribution is 5.91. The molecule has 0 bridgehead atoms. The molecule has 0 saturated heterocycles. The van der Waals surface area contributed by atoms with Crippen LogP contribution in [0.3, 0.4) is 0 Å². The van der Waals surface area contributed by atoms with Crippen LogP contribution in [-0.2, 0) is 10.4 Å². The van der Waals surface area contributed by atoms with Crippen LogP contribution in [0.2, 0.25) is 0 Å². The smallest absolute Gasteiger partial charge is 0.244 e. The molecule has 2 aromatic rings. The Morgan fingerprint density at radius 1 is 1.21 bits per heavy atom. The van der Waals surface area contributed by atoms with E-state index >= 15 is 0 Å². The Bertz CT molecular complexity index is 753. The summed E-state index contributed by atoms with van der Waals surface area (Å²) in [6.45, 7) is 2.02. The van der Waals surface area contributed by atoms with E-state index in [-0.39, 0.29) is 19.2 Å². The largest absolute Gasteiger partial charge is 0.454 e. The number of carbonyl (C=O) groups excluding carboxylic acids is 1. The standard InChI is InChI=1S/C19H19NO4/c1-19(22,15-5-3-2-4-6-15)12-20-18(21)10-8-14-7-9-16-17(11-14)24-13-23-16/h2-11,22H,12-13H2,1H3,(H,20,21). The van der Waals surface area contributed by atoms with E-state index in [0.29, 0.717) is 11.5 Å². The number of aliphatic hydroxyl groups is 1. The molecule has 2 N–H and O–H groups in total.